The van der Waals surface area contributed by atoms with Gasteiger partial charge in [-0.1, -0.05) is 12.1 Å². The van der Waals surface area contributed by atoms with Crippen LogP contribution in [0.25, 0.3) is 10.9 Å². The topological polar surface area (TPSA) is 27.1 Å². The Kier molecular flexibility index (Phi) is 2.21. The summed E-state index contributed by atoms with van der Waals surface area (Å²) in [4.78, 5) is 0. The molecule has 1 fully saturated rings. The van der Waals surface area contributed by atoms with Gasteiger partial charge in [-0.25, -0.2) is 0 Å². The van der Waals surface area contributed by atoms with Gasteiger partial charge in [0.2, 0.25) is 0 Å². The maximum atomic E-state index is 5.31. The maximum Gasteiger partial charge on any atom is 0.0688 e. The van der Waals surface area contributed by atoms with E-state index in [9.17, 15) is 0 Å². The van der Waals surface area contributed by atoms with Crippen LogP contribution < -0.4 is 0 Å². The molecule has 0 amide bonds. The van der Waals surface area contributed by atoms with Crippen molar-refractivity contribution < 1.29 is 4.74 Å². The highest BCUT2D eigenvalue weighted by atomic mass is 16.5. The molecule has 3 rings (SSSR count). The number of methoxy groups -OCH3 is 1. The summed E-state index contributed by atoms with van der Waals surface area (Å²) in [5.41, 5.74) is 2.54. The van der Waals surface area contributed by atoms with E-state index in [-0.39, 0.29) is 0 Å². The smallest absolute Gasteiger partial charge is 0.0688 e. The lowest BCUT2D eigenvalue weighted by Crippen LogP contribution is -2.32. The molecule has 1 heterocycles. The molecule has 2 aromatic rings. The van der Waals surface area contributed by atoms with Crippen LogP contribution in [0.3, 0.4) is 0 Å². The number of fused-ring (bicyclic) bond motifs is 1. The fourth-order valence-electron chi connectivity index (χ4n) is 2.37. The van der Waals surface area contributed by atoms with E-state index in [1.807, 2.05) is 6.20 Å². The van der Waals surface area contributed by atoms with Crippen molar-refractivity contribution in [2.45, 2.75) is 31.9 Å². The Morgan fingerprint density at radius 2 is 2.19 bits per heavy atom. The van der Waals surface area contributed by atoms with Crippen molar-refractivity contribution in [3.63, 3.8) is 0 Å². The summed E-state index contributed by atoms with van der Waals surface area (Å²) in [5.74, 6) is 0. The number of hydrogen-bond acceptors (Lipinski definition) is 2. The van der Waals surface area contributed by atoms with Crippen LogP contribution in [0.2, 0.25) is 0 Å². The normalized spacial score (nSPS) is 24.6. The van der Waals surface area contributed by atoms with Gasteiger partial charge in [0.1, 0.15) is 0 Å². The first-order valence-corrected chi connectivity index (χ1v) is 5.74. The predicted molar refractivity (Wildman–Crippen MR) is 63.5 cm³/mol. The molecular weight excluding hydrogens is 200 g/mol. The molecule has 1 aliphatic rings. The van der Waals surface area contributed by atoms with Crippen molar-refractivity contribution in [2.75, 3.05) is 7.11 Å². The predicted octanol–water partition coefficient (Wildman–Crippen LogP) is 2.69. The lowest BCUT2D eigenvalue weighted by atomic mass is 9.89. The zero-order valence-electron chi connectivity index (χ0n) is 9.68. The number of nitrogens with zero attached hydrogens (tertiary/aromatic N) is 2. The van der Waals surface area contributed by atoms with Gasteiger partial charge in [0.05, 0.1) is 23.9 Å². The Labute approximate surface area is 95.0 Å². The second kappa shape index (κ2) is 3.59. The molecule has 0 radical (unpaired) electrons. The van der Waals surface area contributed by atoms with Crippen LogP contribution in [0.15, 0.2) is 24.4 Å². The Balaban J connectivity index is 1.96. The Morgan fingerprint density at radius 1 is 1.38 bits per heavy atom. The maximum absolute atomic E-state index is 5.31. The van der Waals surface area contributed by atoms with Crippen LogP contribution in [0.4, 0.5) is 0 Å². The zero-order valence-corrected chi connectivity index (χ0v) is 9.68. The first kappa shape index (κ1) is 9.85. The molecule has 0 bridgehead atoms. The molecular formula is C13H16N2O. The highest BCUT2D eigenvalue weighted by molar-refractivity contribution is 5.79. The minimum absolute atomic E-state index is 0.425. The van der Waals surface area contributed by atoms with Crippen molar-refractivity contribution in [3.05, 3.63) is 30.0 Å². The monoisotopic (exact) mass is 216 g/mol. The fourth-order valence-corrected chi connectivity index (χ4v) is 2.37. The number of aromatic nitrogens is 2. The van der Waals surface area contributed by atoms with E-state index in [1.165, 1.54) is 16.5 Å². The quantitative estimate of drug-likeness (QED) is 0.771. The van der Waals surface area contributed by atoms with Crippen molar-refractivity contribution in [1.29, 1.82) is 0 Å². The molecule has 3 heteroatoms. The molecule has 0 aliphatic heterocycles. The number of ether oxygens (including phenoxy) is 1. The number of aryl methyl sites for hydroxylation is 1. The van der Waals surface area contributed by atoms with Gasteiger partial charge in [0.15, 0.2) is 0 Å². The van der Waals surface area contributed by atoms with Gasteiger partial charge in [0, 0.05) is 12.5 Å². The van der Waals surface area contributed by atoms with Crippen LogP contribution in [-0.2, 0) is 4.74 Å². The molecule has 1 aromatic carbocycles. The number of benzene rings is 1. The standard InChI is InChI=1S/C13H16N2O/c1-9-3-4-10-8-14-15(13(10)5-9)11-6-12(7-11)16-2/h3-5,8,11-12H,6-7H2,1-2H3. The second-order valence-corrected chi connectivity index (χ2v) is 4.63. The summed E-state index contributed by atoms with van der Waals surface area (Å²) in [5, 5.41) is 5.72. The van der Waals surface area contributed by atoms with E-state index in [0.717, 1.165) is 12.8 Å². The molecule has 1 aromatic heterocycles. The third kappa shape index (κ3) is 1.43. The van der Waals surface area contributed by atoms with Gasteiger partial charge < -0.3 is 4.74 Å². The molecule has 1 saturated carbocycles. The van der Waals surface area contributed by atoms with Gasteiger partial charge in [-0.15, -0.1) is 0 Å². The minimum atomic E-state index is 0.425. The SMILES string of the molecule is COC1CC(n2ncc3ccc(C)cc32)C1. The van der Waals surface area contributed by atoms with Gasteiger partial charge in [-0.05, 0) is 31.4 Å². The third-order valence-corrected chi connectivity index (χ3v) is 3.50. The van der Waals surface area contributed by atoms with E-state index in [4.69, 9.17) is 4.74 Å². The number of hydrogen-bond donors (Lipinski definition) is 0. The Hall–Kier alpha value is -1.35. The van der Waals surface area contributed by atoms with Crippen LogP contribution in [0, 0.1) is 6.92 Å². The van der Waals surface area contributed by atoms with Crippen molar-refractivity contribution in [1.82, 2.24) is 9.78 Å². The highest BCUT2D eigenvalue weighted by Crippen LogP contribution is 2.35. The molecule has 0 unspecified atom stereocenters. The van der Waals surface area contributed by atoms with Crippen LogP contribution in [0.1, 0.15) is 24.4 Å². The molecule has 16 heavy (non-hydrogen) atoms. The van der Waals surface area contributed by atoms with Crippen molar-refractivity contribution in [2.24, 2.45) is 0 Å². The van der Waals surface area contributed by atoms with Crippen molar-refractivity contribution in [3.8, 4) is 0 Å². The number of rotatable bonds is 2. The molecule has 84 valence electrons. The zero-order chi connectivity index (χ0) is 11.1. The third-order valence-electron chi connectivity index (χ3n) is 3.50. The fraction of sp³-hybridized carbons (Fsp3) is 0.462. The van der Waals surface area contributed by atoms with E-state index in [2.05, 4.69) is 34.9 Å². The molecule has 0 N–H and O–H groups in total. The lowest BCUT2D eigenvalue weighted by Gasteiger charge is -2.34. The first-order chi connectivity index (χ1) is 7.78. The minimum Gasteiger partial charge on any atom is -0.381 e. The molecule has 0 saturated heterocycles. The van der Waals surface area contributed by atoms with Crippen LogP contribution in [0.5, 0.6) is 0 Å². The van der Waals surface area contributed by atoms with Gasteiger partial charge in [-0.2, -0.15) is 5.10 Å². The van der Waals surface area contributed by atoms with E-state index in [1.54, 1.807) is 7.11 Å². The van der Waals surface area contributed by atoms with Gasteiger partial charge in [-0.3, -0.25) is 4.68 Å². The second-order valence-electron chi connectivity index (χ2n) is 4.63. The molecule has 3 nitrogen and oxygen atoms in total. The molecule has 1 aliphatic carbocycles. The van der Waals surface area contributed by atoms with E-state index >= 15 is 0 Å². The highest BCUT2D eigenvalue weighted by Gasteiger charge is 2.31. The van der Waals surface area contributed by atoms with E-state index < -0.39 is 0 Å². The van der Waals surface area contributed by atoms with Crippen molar-refractivity contribution >= 4 is 10.9 Å². The Morgan fingerprint density at radius 3 is 2.94 bits per heavy atom. The molecule has 0 spiro atoms. The average Bonchev–Trinajstić information content (AvgIpc) is 2.60. The summed E-state index contributed by atoms with van der Waals surface area (Å²) in [6, 6.07) is 7.00. The summed E-state index contributed by atoms with van der Waals surface area (Å²) < 4.78 is 7.46. The van der Waals surface area contributed by atoms with Gasteiger partial charge in [0.25, 0.3) is 0 Å². The molecule has 0 atom stereocenters. The van der Waals surface area contributed by atoms with Crippen LogP contribution in [-0.4, -0.2) is 23.0 Å². The summed E-state index contributed by atoms with van der Waals surface area (Å²) in [7, 11) is 1.78. The van der Waals surface area contributed by atoms with Gasteiger partial charge >= 0.3 is 0 Å². The summed E-state index contributed by atoms with van der Waals surface area (Å²) >= 11 is 0. The lowest BCUT2D eigenvalue weighted by molar-refractivity contribution is 0.00387. The average molecular weight is 216 g/mol. The summed E-state index contributed by atoms with van der Waals surface area (Å²) in [6.07, 6.45) is 4.55. The van der Waals surface area contributed by atoms with Crippen LogP contribution >= 0.6 is 0 Å². The van der Waals surface area contributed by atoms with E-state index in [0.29, 0.717) is 12.1 Å². The largest absolute Gasteiger partial charge is 0.381 e. The first-order valence-electron chi connectivity index (χ1n) is 5.74. The summed E-state index contributed by atoms with van der Waals surface area (Å²) in [6.45, 7) is 2.12. The Bertz CT molecular complexity index is 512.